The van der Waals surface area contributed by atoms with Gasteiger partial charge in [-0.3, -0.25) is 0 Å². The Morgan fingerprint density at radius 3 is 2.30 bits per heavy atom. The van der Waals surface area contributed by atoms with Crippen molar-refractivity contribution in [2.75, 3.05) is 0 Å². The van der Waals surface area contributed by atoms with E-state index in [0.717, 1.165) is 0 Å². The summed E-state index contributed by atoms with van der Waals surface area (Å²) in [5, 5.41) is 0. The van der Waals surface area contributed by atoms with Crippen LogP contribution in [0.2, 0.25) is 0 Å². The van der Waals surface area contributed by atoms with Gasteiger partial charge in [0.2, 0.25) is 0 Å². The third kappa shape index (κ3) is 7.53. The standard InChI is InChI=1S/C7H11F3/c1-2-3-4-5-6-7(8,9)10/h2-3H,4-6H2,1H3/b3-2-. The fourth-order valence-corrected chi connectivity index (χ4v) is 0.587. The summed E-state index contributed by atoms with van der Waals surface area (Å²) < 4.78 is 34.4. The van der Waals surface area contributed by atoms with Crippen molar-refractivity contribution in [3.8, 4) is 0 Å². The van der Waals surface area contributed by atoms with Crippen LogP contribution >= 0.6 is 0 Å². The van der Waals surface area contributed by atoms with E-state index in [2.05, 4.69) is 0 Å². The van der Waals surface area contributed by atoms with Crippen LogP contribution in [0, 0.1) is 0 Å². The second-order valence-electron chi connectivity index (χ2n) is 2.08. The molecule has 0 rings (SSSR count). The first-order valence-electron chi connectivity index (χ1n) is 3.24. The fraction of sp³-hybridized carbons (Fsp3) is 0.714. The molecule has 60 valence electrons. The van der Waals surface area contributed by atoms with Crippen molar-refractivity contribution in [1.29, 1.82) is 0 Å². The van der Waals surface area contributed by atoms with Crippen molar-refractivity contribution in [3.63, 3.8) is 0 Å². The van der Waals surface area contributed by atoms with E-state index in [4.69, 9.17) is 0 Å². The topological polar surface area (TPSA) is 0 Å². The summed E-state index contributed by atoms with van der Waals surface area (Å²) in [6.45, 7) is 1.80. The molecule has 0 aliphatic rings. The molecule has 0 aliphatic carbocycles. The fourth-order valence-electron chi connectivity index (χ4n) is 0.587. The van der Waals surface area contributed by atoms with E-state index in [1.54, 1.807) is 19.1 Å². The molecule has 0 unspecified atom stereocenters. The lowest BCUT2D eigenvalue weighted by atomic mass is 10.2. The van der Waals surface area contributed by atoms with E-state index in [-0.39, 0.29) is 6.42 Å². The van der Waals surface area contributed by atoms with E-state index in [0.29, 0.717) is 6.42 Å². The summed E-state index contributed by atoms with van der Waals surface area (Å²) >= 11 is 0. The van der Waals surface area contributed by atoms with Crippen molar-refractivity contribution in [2.24, 2.45) is 0 Å². The molecule has 10 heavy (non-hydrogen) atoms. The van der Waals surface area contributed by atoms with Crippen molar-refractivity contribution < 1.29 is 13.2 Å². The Hall–Kier alpha value is -0.470. The molecule has 0 heterocycles. The zero-order valence-corrected chi connectivity index (χ0v) is 5.91. The summed E-state index contributed by atoms with van der Waals surface area (Å²) in [5.74, 6) is 0. The first-order chi connectivity index (χ1) is 4.56. The minimum atomic E-state index is -3.98. The SMILES string of the molecule is C/C=C\CCCC(F)(F)F. The molecule has 0 radical (unpaired) electrons. The van der Waals surface area contributed by atoms with Gasteiger partial charge >= 0.3 is 6.18 Å². The van der Waals surface area contributed by atoms with Gasteiger partial charge in [-0.2, -0.15) is 13.2 Å². The van der Waals surface area contributed by atoms with Crippen LogP contribution < -0.4 is 0 Å². The van der Waals surface area contributed by atoms with Crippen LogP contribution in [-0.4, -0.2) is 6.18 Å². The number of hydrogen-bond donors (Lipinski definition) is 0. The third-order valence-corrected chi connectivity index (χ3v) is 1.07. The molecule has 0 spiro atoms. The van der Waals surface area contributed by atoms with Crippen LogP contribution in [-0.2, 0) is 0 Å². The van der Waals surface area contributed by atoms with Crippen LogP contribution in [0.3, 0.4) is 0 Å². The van der Waals surface area contributed by atoms with E-state index >= 15 is 0 Å². The Balaban J connectivity index is 3.20. The molecule has 0 amide bonds. The van der Waals surface area contributed by atoms with Crippen LogP contribution in [0.1, 0.15) is 26.2 Å². The summed E-state index contributed by atoms with van der Waals surface area (Å²) in [6, 6.07) is 0. The average molecular weight is 152 g/mol. The van der Waals surface area contributed by atoms with Gasteiger partial charge in [0, 0.05) is 6.42 Å². The Morgan fingerprint density at radius 1 is 1.30 bits per heavy atom. The highest BCUT2D eigenvalue weighted by molar-refractivity contribution is 4.76. The molecule has 0 saturated carbocycles. The quantitative estimate of drug-likeness (QED) is 0.430. The first-order valence-corrected chi connectivity index (χ1v) is 3.24. The molecule has 0 atom stereocenters. The Morgan fingerprint density at radius 2 is 1.90 bits per heavy atom. The average Bonchev–Trinajstić information content (AvgIpc) is 1.78. The van der Waals surface area contributed by atoms with Gasteiger partial charge in [0.25, 0.3) is 0 Å². The second-order valence-corrected chi connectivity index (χ2v) is 2.08. The van der Waals surface area contributed by atoms with Gasteiger partial charge in [0.15, 0.2) is 0 Å². The van der Waals surface area contributed by atoms with E-state index < -0.39 is 12.6 Å². The zero-order valence-electron chi connectivity index (χ0n) is 5.91. The molecule has 0 aromatic heterocycles. The predicted molar refractivity (Wildman–Crippen MR) is 34.7 cm³/mol. The Labute approximate surface area is 58.7 Å². The molecule has 0 bridgehead atoms. The normalized spacial score (nSPS) is 12.8. The second kappa shape index (κ2) is 4.36. The number of unbranched alkanes of at least 4 members (excludes halogenated alkanes) is 1. The first kappa shape index (κ1) is 9.53. The van der Waals surface area contributed by atoms with E-state index in [1.807, 2.05) is 0 Å². The van der Waals surface area contributed by atoms with Gasteiger partial charge in [0.05, 0.1) is 0 Å². The molecule has 0 nitrogen and oxygen atoms in total. The molecular formula is C7H11F3. The number of halogens is 3. The number of hydrogen-bond acceptors (Lipinski definition) is 0. The van der Waals surface area contributed by atoms with Crippen LogP contribution in [0.25, 0.3) is 0 Å². The molecule has 0 fully saturated rings. The summed E-state index contributed by atoms with van der Waals surface area (Å²) in [7, 11) is 0. The number of rotatable bonds is 3. The molecular weight excluding hydrogens is 141 g/mol. The summed E-state index contributed by atoms with van der Waals surface area (Å²) in [4.78, 5) is 0. The number of allylic oxidation sites excluding steroid dienone is 2. The summed E-state index contributed by atoms with van der Waals surface area (Å²) in [6.07, 6.45) is -0.426. The lowest BCUT2D eigenvalue weighted by Crippen LogP contribution is -2.05. The van der Waals surface area contributed by atoms with E-state index in [1.165, 1.54) is 0 Å². The smallest absolute Gasteiger partial charge is 0.171 e. The van der Waals surface area contributed by atoms with Crippen LogP contribution in [0.15, 0.2) is 12.2 Å². The summed E-state index contributed by atoms with van der Waals surface area (Å²) in [5.41, 5.74) is 0. The van der Waals surface area contributed by atoms with Gasteiger partial charge in [-0.15, -0.1) is 0 Å². The van der Waals surface area contributed by atoms with Gasteiger partial charge in [-0.1, -0.05) is 12.2 Å². The van der Waals surface area contributed by atoms with Gasteiger partial charge in [-0.25, -0.2) is 0 Å². The molecule has 0 N–H and O–H groups in total. The van der Waals surface area contributed by atoms with Crippen LogP contribution in [0.4, 0.5) is 13.2 Å². The Bertz CT molecular complexity index is 102. The third-order valence-electron chi connectivity index (χ3n) is 1.07. The van der Waals surface area contributed by atoms with Crippen molar-refractivity contribution >= 4 is 0 Å². The van der Waals surface area contributed by atoms with Gasteiger partial charge in [0.1, 0.15) is 0 Å². The highest BCUT2D eigenvalue weighted by atomic mass is 19.4. The van der Waals surface area contributed by atoms with Crippen molar-refractivity contribution in [1.82, 2.24) is 0 Å². The Kier molecular flexibility index (Phi) is 4.16. The lowest BCUT2D eigenvalue weighted by Gasteiger charge is -2.02. The maximum absolute atomic E-state index is 11.5. The predicted octanol–water partition coefficient (Wildman–Crippen LogP) is 3.30. The van der Waals surface area contributed by atoms with Gasteiger partial charge in [-0.05, 0) is 19.8 Å². The minimum Gasteiger partial charge on any atom is -0.171 e. The maximum Gasteiger partial charge on any atom is 0.389 e. The molecule has 0 aliphatic heterocycles. The van der Waals surface area contributed by atoms with E-state index in [9.17, 15) is 13.2 Å². The molecule has 0 aromatic rings. The minimum absolute atomic E-state index is 0.202. The highest BCUT2D eigenvalue weighted by Crippen LogP contribution is 2.22. The van der Waals surface area contributed by atoms with Gasteiger partial charge < -0.3 is 0 Å². The lowest BCUT2D eigenvalue weighted by molar-refractivity contribution is -0.135. The molecule has 3 heteroatoms. The monoisotopic (exact) mass is 152 g/mol. The van der Waals surface area contributed by atoms with Crippen molar-refractivity contribution in [3.05, 3.63) is 12.2 Å². The molecule has 0 aromatic carbocycles. The molecule has 0 saturated heterocycles. The zero-order chi connectivity index (χ0) is 8.04. The number of alkyl halides is 3. The van der Waals surface area contributed by atoms with Crippen molar-refractivity contribution in [2.45, 2.75) is 32.4 Å². The van der Waals surface area contributed by atoms with Crippen LogP contribution in [0.5, 0.6) is 0 Å². The highest BCUT2D eigenvalue weighted by Gasteiger charge is 2.25. The maximum atomic E-state index is 11.5. The largest absolute Gasteiger partial charge is 0.389 e.